The van der Waals surface area contributed by atoms with Gasteiger partial charge in [-0.05, 0) is 27.7 Å². The molecule has 1 N–H and O–H groups in total. The third-order valence-electron chi connectivity index (χ3n) is 5.84. The molecule has 7 heteroatoms. The summed E-state index contributed by atoms with van der Waals surface area (Å²) in [5, 5.41) is 9.09. The van der Waals surface area contributed by atoms with Gasteiger partial charge in [0.2, 0.25) is 0 Å². The molecule has 0 amide bonds. The van der Waals surface area contributed by atoms with Gasteiger partial charge in [0.05, 0.1) is 37.3 Å². The molecule has 0 aliphatic heterocycles. The zero-order valence-corrected chi connectivity index (χ0v) is 21.1. The predicted molar refractivity (Wildman–Crippen MR) is 141 cm³/mol. The first-order chi connectivity index (χ1) is 16.9. The fourth-order valence-corrected chi connectivity index (χ4v) is 3.90. The number of hydrogen-bond donors (Lipinski definition) is 1. The average molecular weight is 477 g/mol. The molecule has 0 aliphatic rings. The minimum atomic E-state index is -0.823. The maximum atomic E-state index is 11.1. The lowest BCUT2D eigenvalue weighted by Gasteiger charge is -2.29. The summed E-state index contributed by atoms with van der Waals surface area (Å²) in [7, 11) is 0. The topological polar surface area (TPSA) is 78.8 Å². The van der Waals surface area contributed by atoms with Gasteiger partial charge in [-0.1, -0.05) is 60.7 Å². The number of anilines is 1. The Balaban J connectivity index is 1.74. The molecule has 0 radical (unpaired) electrons. The van der Waals surface area contributed by atoms with Crippen LogP contribution in [0.4, 0.5) is 5.82 Å². The first-order valence-electron chi connectivity index (χ1n) is 12.1. The van der Waals surface area contributed by atoms with Crippen LogP contribution in [0.15, 0.2) is 66.9 Å². The number of carboxylic acid groups (broad SMARTS) is 1. The fourth-order valence-electron chi connectivity index (χ4n) is 3.90. The zero-order valence-electron chi connectivity index (χ0n) is 21.1. The van der Waals surface area contributed by atoms with E-state index >= 15 is 0 Å². The van der Waals surface area contributed by atoms with Crippen LogP contribution in [0.1, 0.15) is 27.7 Å². The number of rotatable bonds is 13. The minimum Gasteiger partial charge on any atom is -0.480 e. The first kappa shape index (κ1) is 26.3. The number of hydrogen-bond acceptors (Lipinski definition) is 6. The second-order valence-corrected chi connectivity index (χ2v) is 9.01. The van der Waals surface area contributed by atoms with E-state index in [-0.39, 0.29) is 18.6 Å². The van der Waals surface area contributed by atoms with Crippen LogP contribution in [-0.2, 0) is 9.53 Å². The van der Waals surface area contributed by atoms with Crippen molar-refractivity contribution in [1.82, 2.24) is 14.9 Å². The summed E-state index contributed by atoms with van der Waals surface area (Å²) in [4.78, 5) is 25.0. The van der Waals surface area contributed by atoms with Crippen LogP contribution in [0.5, 0.6) is 0 Å². The third kappa shape index (κ3) is 7.60. The van der Waals surface area contributed by atoms with Gasteiger partial charge in [-0.15, -0.1) is 0 Å². The standard InChI is InChI=1S/C28H36N4O3/c1-21(2)31(20-26(33)34)15-17-35-18-16-32(22(3)4)25-19-29-27(23-11-7-5-8-12-23)28(30-25)24-13-9-6-10-14-24/h5-14,19,21-22H,15-18,20H2,1-4H3,(H,33,34). The van der Waals surface area contributed by atoms with E-state index in [9.17, 15) is 4.79 Å². The average Bonchev–Trinajstić information content (AvgIpc) is 2.85. The highest BCUT2D eigenvalue weighted by Gasteiger charge is 2.18. The van der Waals surface area contributed by atoms with Crippen molar-refractivity contribution < 1.29 is 14.6 Å². The SMILES string of the molecule is CC(C)N(CCOCCN(c1cnc(-c2ccccc2)c(-c2ccccc2)n1)C(C)C)CC(=O)O. The molecule has 186 valence electrons. The molecule has 0 spiro atoms. The Morgan fingerprint density at radius 3 is 1.97 bits per heavy atom. The van der Waals surface area contributed by atoms with E-state index in [0.29, 0.717) is 26.3 Å². The summed E-state index contributed by atoms with van der Waals surface area (Å²) in [6.45, 7) is 10.5. The van der Waals surface area contributed by atoms with Gasteiger partial charge in [-0.25, -0.2) is 4.98 Å². The van der Waals surface area contributed by atoms with Crippen molar-refractivity contribution in [3.8, 4) is 22.5 Å². The van der Waals surface area contributed by atoms with Crippen molar-refractivity contribution in [2.75, 3.05) is 37.7 Å². The van der Waals surface area contributed by atoms with E-state index in [1.807, 2.05) is 61.3 Å². The quantitative estimate of drug-likeness (QED) is 0.354. The zero-order chi connectivity index (χ0) is 25.2. The Kier molecular flexibility index (Phi) is 9.76. The van der Waals surface area contributed by atoms with E-state index in [1.54, 1.807) is 0 Å². The molecule has 3 aromatic rings. The van der Waals surface area contributed by atoms with Crippen LogP contribution in [0.3, 0.4) is 0 Å². The fraction of sp³-hybridized carbons (Fsp3) is 0.393. The molecular formula is C28H36N4O3. The predicted octanol–water partition coefficient (Wildman–Crippen LogP) is 4.84. The number of aliphatic carboxylic acids is 1. The number of ether oxygens (including phenoxy) is 1. The van der Waals surface area contributed by atoms with Gasteiger partial charge in [0.15, 0.2) is 0 Å². The van der Waals surface area contributed by atoms with E-state index in [0.717, 1.165) is 28.3 Å². The summed E-state index contributed by atoms with van der Waals surface area (Å²) in [5.41, 5.74) is 3.75. The summed E-state index contributed by atoms with van der Waals surface area (Å²) in [6, 6.07) is 20.6. The molecule has 0 atom stereocenters. The van der Waals surface area contributed by atoms with Crippen molar-refractivity contribution in [2.24, 2.45) is 0 Å². The normalized spacial score (nSPS) is 11.4. The molecule has 0 saturated carbocycles. The molecule has 35 heavy (non-hydrogen) atoms. The lowest BCUT2D eigenvalue weighted by Crippen LogP contribution is -2.39. The third-order valence-corrected chi connectivity index (χ3v) is 5.84. The molecule has 2 aromatic carbocycles. The van der Waals surface area contributed by atoms with Crippen molar-refractivity contribution in [2.45, 2.75) is 39.8 Å². The largest absolute Gasteiger partial charge is 0.480 e. The highest BCUT2D eigenvalue weighted by Crippen LogP contribution is 2.30. The Labute approximate surface area is 208 Å². The van der Waals surface area contributed by atoms with Gasteiger partial charge in [0, 0.05) is 36.3 Å². The summed E-state index contributed by atoms with van der Waals surface area (Å²) >= 11 is 0. The summed E-state index contributed by atoms with van der Waals surface area (Å²) < 4.78 is 5.88. The van der Waals surface area contributed by atoms with Crippen molar-refractivity contribution >= 4 is 11.8 Å². The number of carbonyl (C=O) groups is 1. The number of aromatic nitrogens is 2. The Morgan fingerprint density at radius 2 is 1.43 bits per heavy atom. The van der Waals surface area contributed by atoms with Gasteiger partial charge >= 0.3 is 5.97 Å². The van der Waals surface area contributed by atoms with Gasteiger partial charge in [-0.3, -0.25) is 14.7 Å². The number of benzene rings is 2. The van der Waals surface area contributed by atoms with E-state index < -0.39 is 5.97 Å². The minimum absolute atomic E-state index is 0.0186. The second-order valence-electron chi connectivity index (χ2n) is 9.01. The molecule has 3 rings (SSSR count). The van der Waals surface area contributed by atoms with Crippen LogP contribution in [0, 0.1) is 0 Å². The lowest BCUT2D eigenvalue weighted by molar-refractivity contribution is -0.139. The molecule has 1 heterocycles. The van der Waals surface area contributed by atoms with Crippen molar-refractivity contribution in [3.05, 3.63) is 66.9 Å². The summed E-state index contributed by atoms with van der Waals surface area (Å²) in [6.07, 6.45) is 1.84. The maximum Gasteiger partial charge on any atom is 0.317 e. The Bertz CT molecular complexity index is 1060. The Hall–Kier alpha value is -3.29. The molecule has 0 aliphatic carbocycles. The molecule has 0 bridgehead atoms. The number of nitrogens with zero attached hydrogens (tertiary/aromatic N) is 4. The van der Waals surface area contributed by atoms with E-state index in [2.05, 4.69) is 43.0 Å². The molecule has 0 unspecified atom stereocenters. The van der Waals surface area contributed by atoms with Crippen molar-refractivity contribution in [3.63, 3.8) is 0 Å². The monoisotopic (exact) mass is 476 g/mol. The smallest absolute Gasteiger partial charge is 0.317 e. The second kappa shape index (κ2) is 13.0. The lowest BCUT2D eigenvalue weighted by atomic mass is 10.0. The highest BCUT2D eigenvalue weighted by molar-refractivity contribution is 5.78. The molecule has 1 aromatic heterocycles. The van der Waals surface area contributed by atoms with E-state index in [1.165, 1.54) is 0 Å². The van der Waals surface area contributed by atoms with Gasteiger partial charge in [0.1, 0.15) is 5.82 Å². The molecular weight excluding hydrogens is 440 g/mol. The van der Waals surface area contributed by atoms with Crippen LogP contribution < -0.4 is 4.90 Å². The van der Waals surface area contributed by atoms with Crippen LogP contribution >= 0.6 is 0 Å². The van der Waals surface area contributed by atoms with Gasteiger partial charge < -0.3 is 14.7 Å². The molecule has 7 nitrogen and oxygen atoms in total. The maximum absolute atomic E-state index is 11.1. The molecule has 0 fully saturated rings. The van der Waals surface area contributed by atoms with Crippen molar-refractivity contribution in [1.29, 1.82) is 0 Å². The van der Waals surface area contributed by atoms with Crippen LogP contribution in [0.25, 0.3) is 22.5 Å². The first-order valence-corrected chi connectivity index (χ1v) is 12.1. The summed E-state index contributed by atoms with van der Waals surface area (Å²) in [5.74, 6) is -0.0201. The highest BCUT2D eigenvalue weighted by atomic mass is 16.5. The van der Waals surface area contributed by atoms with Crippen LogP contribution in [-0.4, -0.2) is 70.9 Å². The van der Waals surface area contributed by atoms with E-state index in [4.69, 9.17) is 19.8 Å². The Morgan fingerprint density at radius 1 is 0.857 bits per heavy atom. The number of carboxylic acids is 1. The van der Waals surface area contributed by atoms with Gasteiger partial charge in [0.25, 0.3) is 0 Å². The molecule has 0 saturated heterocycles. The van der Waals surface area contributed by atoms with Gasteiger partial charge in [-0.2, -0.15) is 0 Å². The van der Waals surface area contributed by atoms with Crippen LogP contribution in [0.2, 0.25) is 0 Å².